The molecule has 164 valence electrons. The van der Waals surface area contributed by atoms with Crippen LogP contribution in [0.5, 0.6) is 0 Å². The topological polar surface area (TPSA) is 97.5 Å². The molecule has 4 rings (SSSR count). The van der Waals surface area contributed by atoms with E-state index in [9.17, 15) is 9.18 Å². The number of carbonyl (C=O) groups is 1. The Hall–Kier alpha value is -3.01. The Labute approximate surface area is 179 Å². The van der Waals surface area contributed by atoms with E-state index in [0.29, 0.717) is 23.2 Å². The van der Waals surface area contributed by atoms with Crippen LogP contribution in [0, 0.1) is 5.82 Å². The van der Waals surface area contributed by atoms with Crippen LogP contribution in [0.4, 0.5) is 15.8 Å². The summed E-state index contributed by atoms with van der Waals surface area (Å²) in [7, 11) is 0. The van der Waals surface area contributed by atoms with Crippen molar-refractivity contribution in [1.82, 2.24) is 15.7 Å². The molecule has 1 aliphatic rings. The van der Waals surface area contributed by atoms with Gasteiger partial charge >= 0.3 is 0 Å². The van der Waals surface area contributed by atoms with E-state index in [4.69, 9.17) is 14.3 Å². The van der Waals surface area contributed by atoms with Gasteiger partial charge in [-0.05, 0) is 50.1 Å². The van der Waals surface area contributed by atoms with Gasteiger partial charge in [-0.3, -0.25) is 14.7 Å². The Kier molecular flexibility index (Phi) is 5.90. The number of amides is 1. The highest BCUT2D eigenvalue weighted by molar-refractivity contribution is 6.08. The molecule has 0 bridgehead atoms. The van der Waals surface area contributed by atoms with Gasteiger partial charge in [-0.2, -0.15) is 5.10 Å². The minimum absolute atomic E-state index is 0.138. The number of hydrogen-bond acceptors (Lipinski definition) is 6. The molecule has 1 atom stereocenters. The maximum Gasteiger partial charge on any atom is 0.276 e. The van der Waals surface area contributed by atoms with E-state index in [1.807, 2.05) is 26.8 Å². The third-order valence-corrected chi connectivity index (χ3v) is 5.07. The van der Waals surface area contributed by atoms with Gasteiger partial charge in [0.25, 0.3) is 5.91 Å². The number of aromatic nitrogens is 2. The van der Waals surface area contributed by atoms with Crippen LogP contribution in [0.1, 0.15) is 36.7 Å². The standard InChI is InChI=1S/C22H25FN4O4/c1-4-13-5-7-19(17(23)9-13)25-20-15(6-8-18-16(20)10-24-26-18)21(28)27-30-12-14-11-29-22(2,3)31-14/h5-10,14,25H,4,11-12H2,1-3H3,(H,24,26)(H,27,28). The van der Waals surface area contributed by atoms with Crippen LogP contribution in [-0.4, -0.2) is 41.2 Å². The molecule has 0 saturated carbocycles. The summed E-state index contributed by atoms with van der Waals surface area (Å²) in [6.45, 7) is 6.11. The number of carbonyl (C=O) groups excluding carboxylic acids is 1. The Morgan fingerprint density at radius 1 is 1.35 bits per heavy atom. The lowest BCUT2D eigenvalue weighted by molar-refractivity contribution is -0.147. The normalized spacial score (nSPS) is 17.7. The molecule has 0 spiro atoms. The fourth-order valence-electron chi connectivity index (χ4n) is 3.46. The first-order valence-corrected chi connectivity index (χ1v) is 10.1. The maximum atomic E-state index is 14.6. The molecule has 3 N–H and O–H groups in total. The second-order valence-corrected chi connectivity index (χ2v) is 7.80. The predicted molar refractivity (Wildman–Crippen MR) is 113 cm³/mol. The number of rotatable bonds is 7. The quantitative estimate of drug-likeness (QED) is 0.495. The molecule has 1 aromatic heterocycles. The number of benzene rings is 2. The van der Waals surface area contributed by atoms with Gasteiger partial charge in [0.05, 0.1) is 35.3 Å². The molecule has 2 aromatic carbocycles. The minimum Gasteiger partial charge on any atom is -0.352 e. The van der Waals surface area contributed by atoms with Crippen molar-refractivity contribution in [3.63, 3.8) is 0 Å². The first-order chi connectivity index (χ1) is 14.9. The van der Waals surface area contributed by atoms with Gasteiger partial charge in [-0.25, -0.2) is 9.87 Å². The van der Waals surface area contributed by atoms with Gasteiger partial charge in [-0.1, -0.05) is 13.0 Å². The van der Waals surface area contributed by atoms with E-state index in [-0.39, 0.29) is 24.0 Å². The molecule has 1 saturated heterocycles. The van der Waals surface area contributed by atoms with Crippen molar-refractivity contribution in [2.45, 2.75) is 39.1 Å². The van der Waals surface area contributed by atoms with E-state index >= 15 is 0 Å². The summed E-state index contributed by atoms with van der Waals surface area (Å²) in [5, 5.41) is 10.6. The number of hydrogen-bond donors (Lipinski definition) is 3. The first kappa shape index (κ1) is 21.2. The average Bonchev–Trinajstić information content (AvgIpc) is 3.35. The summed E-state index contributed by atoms with van der Waals surface area (Å²) in [4.78, 5) is 18.2. The Balaban J connectivity index is 1.53. The van der Waals surface area contributed by atoms with Gasteiger partial charge in [0.1, 0.15) is 18.5 Å². The van der Waals surface area contributed by atoms with E-state index in [2.05, 4.69) is 21.0 Å². The molecule has 2 heterocycles. The van der Waals surface area contributed by atoms with Gasteiger partial charge in [0, 0.05) is 5.39 Å². The van der Waals surface area contributed by atoms with Crippen molar-refractivity contribution in [3.05, 3.63) is 53.5 Å². The van der Waals surface area contributed by atoms with Crippen LogP contribution in [0.3, 0.4) is 0 Å². The van der Waals surface area contributed by atoms with Crippen LogP contribution in [0.15, 0.2) is 36.5 Å². The molecule has 0 aliphatic carbocycles. The number of anilines is 2. The maximum absolute atomic E-state index is 14.6. The molecular weight excluding hydrogens is 403 g/mol. The lowest BCUT2D eigenvalue weighted by Crippen LogP contribution is -2.30. The Morgan fingerprint density at radius 2 is 2.19 bits per heavy atom. The van der Waals surface area contributed by atoms with Crippen LogP contribution < -0.4 is 10.8 Å². The molecule has 0 radical (unpaired) electrons. The molecule has 1 fully saturated rings. The number of fused-ring (bicyclic) bond motifs is 1. The molecule has 3 aromatic rings. The highest BCUT2D eigenvalue weighted by Gasteiger charge is 2.33. The number of ether oxygens (including phenoxy) is 2. The zero-order valence-corrected chi connectivity index (χ0v) is 17.6. The SMILES string of the molecule is CCc1ccc(Nc2c(C(=O)NOCC3COC(C)(C)O3)ccc3[nH]ncc23)c(F)c1. The summed E-state index contributed by atoms with van der Waals surface area (Å²) in [5.41, 5.74) is 5.01. The lowest BCUT2D eigenvalue weighted by Gasteiger charge is -2.17. The number of H-pyrrole nitrogens is 1. The summed E-state index contributed by atoms with van der Waals surface area (Å²) in [5.74, 6) is -1.54. The fraction of sp³-hybridized carbons (Fsp3) is 0.364. The molecule has 1 unspecified atom stereocenters. The van der Waals surface area contributed by atoms with Crippen LogP contribution >= 0.6 is 0 Å². The van der Waals surface area contributed by atoms with Gasteiger partial charge in [-0.15, -0.1) is 0 Å². The van der Waals surface area contributed by atoms with Crippen LogP contribution in [0.25, 0.3) is 10.9 Å². The van der Waals surface area contributed by atoms with Crippen molar-refractivity contribution in [2.75, 3.05) is 18.5 Å². The second-order valence-electron chi connectivity index (χ2n) is 7.80. The van der Waals surface area contributed by atoms with E-state index < -0.39 is 17.5 Å². The monoisotopic (exact) mass is 428 g/mol. The number of aromatic amines is 1. The van der Waals surface area contributed by atoms with Gasteiger partial charge in [0.15, 0.2) is 5.79 Å². The largest absolute Gasteiger partial charge is 0.352 e. The predicted octanol–water partition coefficient (Wildman–Crippen LogP) is 3.82. The molecule has 31 heavy (non-hydrogen) atoms. The number of nitrogens with zero attached hydrogens (tertiary/aromatic N) is 1. The van der Waals surface area contributed by atoms with Crippen molar-refractivity contribution >= 4 is 28.2 Å². The first-order valence-electron chi connectivity index (χ1n) is 10.1. The smallest absolute Gasteiger partial charge is 0.276 e. The van der Waals surface area contributed by atoms with Crippen molar-refractivity contribution in [2.24, 2.45) is 0 Å². The highest BCUT2D eigenvalue weighted by atomic mass is 19.1. The number of nitrogens with one attached hydrogen (secondary N) is 3. The third kappa shape index (κ3) is 4.68. The Morgan fingerprint density at radius 3 is 2.90 bits per heavy atom. The molecule has 8 nitrogen and oxygen atoms in total. The fourth-order valence-corrected chi connectivity index (χ4v) is 3.46. The van der Waals surface area contributed by atoms with Gasteiger partial charge < -0.3 is 14.8 Å². The van der Waals surface area contributed by atoms with E-state index in [1.165, 1.54) is 6.07 Å². The molecule has 9 heteroatoms. The van der Waals surface area contributed by atoms with E-state index in [1.54, 1.807) is 24.4 Å². The van der Waals surface area contributed by atoms with Crippen molar-refractivity contribution < 1.29 is 23.5 Å². The van der Waals surface area contributed by atoms with E-state index in [0.717, 1.165) is 12.0 Å². The lowest BCUT2D eigenvalue weighted by atomic mass is 10.1. The minimum atomic E-state index is -0.668. The highest BCUT2D eigenvalue weighted by Crippen LogP contribution is 2.31. The molecular formula is C22H25FN4O4. The van der Waals surface area contributed by atoms with Gasteiger partial charge in [0.2, 0.25) is 0 Å². The summed E-state index contributed by atoms with van der Waals surface area (Å²) >= 11 is 0. The number of halogens is 1. The number of aryl methyl sites for hydroxylation is 1. The van der Waals surface area contributed by atoms with Crippen molar-refractivity contribution in [3.8, 4) is 0 Å². The summed E-state index contributed by atoms with van der Waals surface area (Å²) < 4.78 is 25.7. The van der Waals surface area contributed by atoms with Crippen LogP contribution in [-0.2, 0) is 20.7 Å². The zero-order valence-electron chi connectivity index (χ0n) is 17.6. The number of hydroxylamine groups is 1. The summed E-state index contributed by atoms with van der Waals surface area (Å²) in [6.07, 6.45) is 2.03. The molecule has 1 amide bonds. The third-order valence-electron chi connectivity index (χ3n) is 5.07. The second kappa shape index (κ2) is 8.62. The van der Waals surface area contributed by atoms with Crippen LogP contribution in [0.2, 0.25) is 0 Å². The van der Waals surface area contributed by atoms with Crippen molar-refractivity contribution in [1.29, 1.82) is 0 Å². The zero-order chi connectivity index (χ0) is 22.0. The summed E-state index contributed by atoms with van der Waals surface area (Å²) in [6, 6.07) is 8.33. The Bertz CT molecular complexity index is 1100. The molecule has 1 aliphatic heterocycles. The average molecular weight is 428 g/mol.